The highest BCUT2D eigenvalue weighted by molar-refractivity contribution is 5.94. The molecule has 9 heteroatoms. The highest BCUT2D eigenvalue weighted by Crippen LogP contribution is 2.27. The van der Waals surface area contributed by atoms with Crippen molar-refractivity contribution in [1.82, 2.24) is 10.6 Å². The van der Waals surface area contributed by atoms with Crippen molar-refractivity contribution >= 4 is 17.8 Å². The first-order chi connectivity index (χ1) is 13.9. The molecule has 1 atom stereocenters. The second-order valence-electron chi connectivity index (χ2n) is 6.07. The molecule has 2 aromatic rings. The zero-order chi connectivity index (χ0) is 21.2. The van der Waals surface area contributed by atoms with Crippen molar-refractivity contribution in [3.05, 3.63) is 47.9 Å². The average Bonchev–Trinajstić information content (AvgIpc) is 3.26. The van der Waals surface area contributed by atoms with Gasteiger partial charge in [-0.25, -0.2) is 4.79 Å². The summed E-state index contributed by atoms with van der Waals surface area (Å²) in [6, 6.07) is 7.59. The van der Waals surface area contributed by atoms with Gasteiger partial charge in [0.2, 0.25) is 0 Å². The molecular weight excluding hydrogens is 380 g/mol. The summed E-state index contributed by atoms with van der Waals surface area (Å²) < 4.78 is 20.3. The quantitative estimate of drug-likeness (QED) is 0.574. The van der Waals surface area contributed by atoms with Crippen LogP contribution in [-0.2, 0) is 20.7 Å². The van der Waals surface area contributed by atoms with Crippen molar-refractivity contribution in [2.24, 2.45) is 0 Å². The van der Waals surface area contributed by atoms with Crippen molar-refractivity contribution < 1.29 is 33.0 Å². The summed E-state index contributed by atoms with van der Waals surface area (Å²) in [5.41, 5.74) is 0.953. The molecule has 29 heavy (non-hydrogen) atoms. The van der Waals surface area contributed by atoms with E-state index in [1.54, 1.807) is 26.4 Å². The standard InChI is InChI=1S/C20H24N2O7/c1-13(22-19(24)16-5-4-10-28-16)20(25)29-12-18(23)21-9-8-14-6-7-15(26-2)17(11-14)27-3/h4-7,10-11,13H,8-9,12H2,1-3H3,(H,21,23)(H,22,24)/t13-/m0/s1. The Labute approximate surface area is 168 Å². The molecule has 9 nitrogen and oxygen atoms in total. The van der Waals surface area contributed by atoms with E-state index in [-0.39, 0.29) is 5.76 Å². The average molecular weight is 404 g/mol. The van der Waals surface area contributed by atoms with Crippen LogP contribution in [0.2, 0.25) is 0 Å². The number of amides is 2. The van der Waals surface area contributed by atoms with Crippen molar-refractivity contribution in [1.29, 1.82) is 0 Å². The van der Waals surface area contributed by atoms with Gasteiger partial charge < -0.3 is 29.3 Å². The lowest BCUT2D eigenvalue weighted by atomic mass is 10.1. The third-order valence-electron chi connectivity index (χ3n) is 3.98. The molecule has 156 valence electrons. The summed E-state index contributed by atoms with van der Waals surface area (Å²) >= 11 is 0. The zero-order valence-electron chi connectivity index (χ0n) is 16.5. The molecule has 1 aromatic heterocycles. The van der Waals surface area contributed by atoms with Gasteiger partial charge in [-0.1, -0.05) is 6.07 Å². The Hall–Kier alpha value is -3.49. The van der Waals surface area contributed by atoms with Crippen LogP contribution in [0.4, 0.5) is 0 Å². The highest BCUT2D eigenvalue weighted by Gasteiger charge is 2.20. The molecule has 0 aliphatic heterocycles. The first-order valence-electron chi connectivity index (χ1n) is 8.93. The number of ether oxygens (including phenoxy) is 3. The lowest BCUT2D eigenvalue weighted by Crippen LogP contribution is -2.41. The number of nitrogens with one attached hydrogen (secondary N) is 2. The molecule has 2 N–H and O–H groups in total. The Bertz CT molecular complexity index is 833. The van der Waals surface area contributed by atoms with E-state index in [9.17, 15) is 14.4 Å². The fourth-order valence-electron chi connectivity index (χ4n) is 2.43. The Morgan fingerprint density at radius 3 is 2.52 bits per heavy atom. The molecule has 0 bridgehead atoms. The van der Waals surface area contributed by atoms with Crippen LogP contribution in [0.5, 0.6) is 11.5 Å². The van der Waals surface area contributed by atoms with E-state index in [1.165, 1.54) is 19.3 Å². The van der Waals surface area contributed by atoms with Gasteiger partial charge in [-0.2, -0.15) is 0 Å². The van der Waals surface area contributed by atoms with E-state index in [0.717, 1.165) is 5.56 Å². The molecule has 2 amide bonds. The lowest BCUT2D eigenvalue weighted by molar-refractivity contribution is -0.150. The Morgan fingerprint density at radius 1 is 1.10 bits per heavy atom. The first kappa shape index (κ1) is 21.8. The van der Waals surface area contributed by atoms with Crippen molar-refractivity contribution in [3.63, 3.8) is 0 Å². The molecule has 0 aliphatic carbocycles. The largest absolute Gasteiger partial charge is 0.493 e. The number of methoxy groups -OCH3 is 2. The number of hydrogen-bond donors (Lipinski definition) is 2. The van der Waals surface area contributed by atoms with Gasteiger partial charge in [0.25, 0.3) is 11.8 Å². The predicted molar refractivity (Wildman–Crippen MR) is 103 cm³/mol. The summed E-state index contributed by atoms with van der Waals surface area (Å²) in [5.74, 6) is -0.393. The second-order valence-corrected chi connectivity index (χ2v) is 6.07. The van der Waals surface area contributed by atoms with Crippen molar-refractivity contribution in [2.75, 3.05) is 27.4 Å². The maximum Gasteiger partial charge on any atom is 0.328 e. The highest BCUT2D eigenvalue weighted by atomic mass is 16.5. The number of rotatable bonds is 10. The number of carbonyl (C=O) groups excluding carboxylic acids is 3. The fourth-order valence-corrected chi connectivity index (χ4v) is 2.43. The van der Waals surface area contributed by atoms with Gasteiger partial charge in [-0.3, -0.25) is 9.59 Å². The minimum absolute atomic E-state index is 0.0811. The second kappa shape index (κ2) is 10.7. The molecule has 2 rings (SSSR count). The van der Waals surface area contributed by atoms with Crippen LogP contribution in [0.25, 0.3) is 0 Å². The van der Waals surface area contributed by atoms with E-state index < -0.39 is 30.4 Å². The molecule has 1 heterocycles. The molecule has 1 aromatic carbocycles. The van der Waals surface area contributed by atoms with Gasteiger partial charge >= 0.3 is 5.97 Å². The van der Waals surface area contributed by atoms with Gasteiger partial charge in [-0.15, -0.1) is 0 Å². The molecule has 0 spiro atoms. The van der Waals surface area contributed by atoms with Gasteiger partial charge in [0.15, 0.2) is 23.9 Å². The summed E-state index contributed by atoms with van der Waals surface area (Å²) in [7, 11) is 3.11. The van der Waals surface area contributed by atoms with E-state index in [0.29, 0.717) is 24.5 Å². The van der Waals surface area contributed by atoms with Gasteiger partial charge in [0.1, 0.15) is 6.04 Å². The van der Waals surface area contributed by atoms with Gasteiger partial charge in [0, 0.05) is 6.54 Å². The summed E-state index contributed by atoms with van der Waals surface area (Å²) in [4.78, 5) is 35.6. The SMILES string of the molecule is COc1ccc(CCNC(=O)COC(=O)[C@H](C)NC(=O)c2ccco2)cc1OC. The zero-order valence-corrected chi connectivity index (χ0v) is 16.5. The van der Waals surface area contributed by atoms with E-state index in [2.05, 4.69) is 10.6 Å². The summed E-state index contributed by atoms with van der Waals surface area (Å²) in [5, 5.41) is 5.09. The van der Waals surface area contributed by atoms with Crippen LogP contribution in [0.1, 0.15) is 23.0 Å². The molecule has 0 fully saturated rings. The number of hydrogen-bond acceptors (Lipinski definition) is 7. The molecule has 0 radical (unpaired) electrons. The minimum Gasteiger partial charge on any atom is -0.493 e. The molecular formula is C20H24N2O7. The smallest absolute Gasteiger partial charge is 0.328 e. The first-order valence-corrected chi connectivity index (χ1v) is 8.93. The van der Waals surface area contributed by atoms with Crippen molar-refractivity contribution in [3.8, 4) is 11.5 Å². The monoisotopic (exact) mass is 404 g/mol. The number of benzene rings is 1. The maximum atomic E-state index is 11.9. The van der Waals surface area contributed by atoms with E-state index >= 15 is 0 Å². The maximum absolute atomic E-state index is 11.9. The van der Waals surface area contributed by atoms with Crippen LogP contribution in [0, 0.1) is 0 Å². The van der Waals surface area contributed by atoms with Crippen LogP contribution < -0.4 is 20.1 Å². The van der Waals surface area contributed by atoms with Crippen LogP contribution >= 0.6 is 0 Å². The fraction of sp³-hybridized carbons (Fsp3) is 0.350. The Morgan fingerprint density at radius 2 is 1.86 bits per heavy atom. The third-order valence-corrected chi connectivity index (χ3v) is 3.98. The third kappa shape index (κ3) is 6.56. The normalized spacial score (nSPS) is 11.3. The topological polar surface area (TPSA) is 116 Å². The molecule has 0 saturated carbocycles. The van der Waals surface area contributed by atoms with Crippen molar-refractivity contribution in [2.45, 2.75) is 19.4 Å². The van der Waals surface area contributed by atoms with E-state index in [4.69, 9.17) is 18.6 Å². The lowest BCUT2D eigenvalue weighted by Gasteiger charge is -2.13. The van der Waals surface area contributed by atoms with Gasteiger partial charge in [-0.05, 0) is 43.2 Å². The van der Waals surface area contributed by atoms with Crippen LogP contribution in [0.15, 0.2) is 41.0 Å². The number of furan rings is 1. The predicted octanol–water partition coefficient (Wildman–Crippen LogP) is 1.32. The minimum atomic E-state index is -0.924. The van der Waals surface area contributed by atoms with Crippen LogP contribution in [-0.4, -0.2) is 51.2 Å². The molecule has 0 unspecified atom stereocenters. The molecule has 0 aliphatic rings. The molecule has 0 saturated heterocycles. The van der Waals surface area contributed by atoms with Crippen LogP contribution in [0.3, 0.4) is 0 Å². The number of esters is 1. The van der Waals surface area contributed by atoms with Gasteiger partial charge in [0.05, 0.1) is 20.5 Å². The Balaban J connectivity index is 1.70. The van der Waals surface area contributed by atoms with E-state index in [1.807, 2.05) is 12.1 Å². The Kier molecular flexibility index (Phi) is 8.08. The summed E-state index contributed by atoms with van der Waals surface area (Å²) in [6.07, 6.45) is 1.92. The summed E-state index contributed by atoms with van der Waals surface area (Å²) in [6.45, 7) is 1.38. The number of carbonyl (C=O) groups is 3.